The summed E-state index contributed by atoms with van der Waals surface area (Å²) in [6.07, 6.45) is 1.54. The van der Waals surface area contributed by atoms with Crippen LogP contribution in [0.3, 0.4) is 0 Å². The molecule has 3 rings (SSSR count). The first-order valence-electron chi connectivity index (χ1n) is 7.14. The topological polar surface area (TPSA) is 44.8 Å². The van der Waals surface area contributed by atoms with Gasteiger partial charge in [0.15, 0.2) is 11.5 Å². The van der Waals surface area contributed by atoms with Crippen LogP contribution in [0.2, 0.25) is 0 Å². The van der Waals surface area contributed by atoms with E-state index in [9.17, 15) is 4.79 Å². The highest BCUT2D eigenvalue weighted by Gasteiger charge is 2.30. The Morgan fingerprint density at radius 2 is 1.95 bits per heavy atom. The molecule has 0 fully saturated rings. The number of carbonyl (C=O) groups excluding carboxylic acids is 1. The number of hydrogen-bond donors (Lipinski definition) is 0. The van der Waals surface area contributed by atoms with Crippen molar-refractivity contribution in [1.29, 1.82) is 0 Å². The molecule has 0 bridgehead atoms. The fourth-order valence-electron chi connectivity index (χ4n) is 2.79. The summed E-state index contributed by atoms with van der Waals surface area (Å²) in [6.45, 7) is 2.17. The van der Waals surface area contributed by atoms with Crippen LogP contribution in [-0.2, 0) is 16.6 Å². The highest BCUT2D eigenvalue weighted by atomic mass is 16.7. The summed E-state index contributed by atoms with van der Waals surface area (Å²) in [5.74, 6) is 2.19. The van der Waals surface area contributed by atoms with E-state index in [1.54, 1.807) is 7.11 Å². The maximum atomic E-state index is 11.8. The molecule has 1 aliphatic heterocycles. The Bertz CT molecular complexity index is 695. The van der Waals surface area contributed by atoms with Crippen LogP contribution in [0.1, 0.15) is 18.1 Å². The number of carbonyl (C=O) groups is 1. The van der Waals surface area contributed by atoms with Gasteiger partial charge >= 0.3 is 0 Å². The molecule has 1 unspecified atom stereocenters. The first-order valence-corrected chi connectivity index (χ1v) is 7.14. The summed E-state index contributed by atoms with van der Waals surface area (Å²) in [4.78, 5) is 11.8. The van der Waals surface area contributed by atoms with Gasteiger partial charge in [0, 0.05) is 5.56 Å². The van der Waals surface area contributed by atoms with Gasteiger partial charge in [-0.3, -0.25) is 0 Å². The maximum absolute atomic E-state index is 11.8. The number of aldehydes is 1. The van der Waals surface area contributed by atoms with Crippen molar-refractivity contribution in [2.75, 3.05) is 13.9 Å². The first-order chi connectivity index (χ1) is 10.7. The normalized spacial score (nSPS) is 15.2. The van der Waals surface area contributed by atoms with Crippen LogP contribution in [0.5, 0.6) is 17.2 Å². The largest absolute Gasteiger partial charge is 0.496 e. The fraction of sp³-hybridized carbons (Fsp3) is 0.278. The van der Waals surface area contributed by atoms with Crippen LogP contribution in [0, 0.1) is 0 Å². The molecule has 0 aromatic heterocycles. The van der Waals surface area contributed by atoms with Gasteiger partial charge in [-0.05, 0) is 37.1 Å². The summed E-state index contributed by atoms with van der Waals surface area (Å²) >= 11 is 0. The predicted molar refractivity (Wildman–Crippen MR) is 82.7 cm³/mol. The number of fused-ring (bicyclic) bond motifs is 1. The van der Waals surface area contributed by atoms with E-state index in [1.165, 1.54) is 0 Å². The van der Waals surface area contributed by atoms with E-state index in [1.807, 2.05) is 49.4 Å². The van der Waals surface area contributed by atoms with Crippen molar-refractivity contribution in [1.82, 2.24) is 0 Å². The van der Waals surface area contributed by atoms with Crippen LogP contribution >= 0.6 is 0 Å². The van der Waals surface area contributed by atoms with Gasteiger partial charge in [0.25, 0.3) is 0 Å². The highest BCUT2D eigenvalue weighted by Crippen LogP contribution is 2.37. The minimum atomic E-state index is -0.666. The summed E-state index contributed by atoms with van der Waals surface area (Å²) in [5.41, 5.74) is 1.23. The lowest BCUT2D eigenvalue weighted by atomic mass is 9.78. The van der Waals surface area contributed by atoms with Gasteiger partial charge in [-0.25, -0.2) is 0 Å². The quantitative estimate of drug-likeness (QED) is 0.796. The van der Waals surface area contributed by atoms with Gasteiger partial charge in [0.2, 0.25) is 6.79 Å². The second kappa shape index (κ2) is 5.72. The van der Waals surface area contributed by atoms with Gasteiger partial charge in [-0.1, -0.05) is 24.3 Å². The highest BCUT2D eigenvalue weighted by molar-refractivity contribution is 5.71. The van der Waals surface area contributed by atoms with E-state index in [4.69, 9.17) is 14.2 Å². The molecule has 1 aliphatic rings. The number of para-hydroxylation sites is 1. The van der Waals surface area contributed by atoms with Crippen LogP contribution in [0.4, 0.5) is 0 Å². The molecule has 0 saturated carbocycles. The lowest BCUT2D eigenvalue weighted by molar-refractivity contribution is -0.112. The summed E-state index contributed by atoms with van der Waals surface area (Å²) in [6, 6.07) is 13.4. The zero-order valence-corrected chi connectivity index (χ0v) is 12.7. The van der Waals surface area contributed by atoms with Crippen molar-refractivity contribution in [2.24, 2.45) is 0 Å². The predicted octanol–water partition coefficient (Wildman–Crippen LogP) is 3.12. The van der Waals surface area contributed by atoms with E-state index >= 15 is 0 Å². The Kier molecular flexibility index (Phi) is 3.75. The molecule has 0 amide bonds. The lowest BCUT2D eigenvalue weighted by Gasteiger charge is -2.25. The van der Waals surface area contributed by atoms with Gasteiger partial charge < -0.3 is 19.0 Å². The molecule has 4 nitrogen and oxygen atoms in total. The number of hydrogen-bond acceptors (Lipinski definition) is 4. The molecular weight excluding hydrogens is 280 g/mol. The summed E-state index contributed by atoms with van der Waals surface area (Å²) in [5, 5.41) is 0. The van der Waals surface area contributed by atoms with Crippen molar-refractivity contribution in [3.05, 3.63) is 53.6 Å². The molecule has 0 aliphatic carbocycles. The molecule has 114 valence electrons. The monoisotopic (exact) mass is 298 g/mol. The van der Waals surface area contributed by atoms with Crippen molar-refractivity contribution in [3.8, 4) is 17.2 Å². The third-order valence-electron chi connectivity index (χ3n) is 3.99. The standard InChI is InChI=1S/C18H18O4/c1-18(11-19,14-5-3-4-6-15(14)20-2)10-13-7-8-16-17(9-13)22-12-21-16/h3-9,11H,10,12H2,1-2H3. The van der Waals surface area contributed by atoms with Crippen LogP contribution < -0.4 is 14.2 Å². The van der Waals surface area contributed by atoms with E-state index in [-0.39, 0.29) is 6.79 Å². The second-order valence-electron chi connectivity index (χ2n) is 5.60. The summed E-state index contributed by atoms with van der Waals surface area (Å²) in [7, 11) is 1.62. The Labute approximate surface area is 129 Å². The zero-order valence-electron chi connectivity index (χ0n) is 12.7. The van der Waals surface area contributed by atoms with Crippen LogP contribution in [0.25, 0.3) is 0 Å². The van der Waals surface area contributed by atoms with Crippen LogP contribution in [0.15, 0.2) is 42.5 Å². The Hall–Kier alpha value is -2.49. The minimum absolute atomic E-state index is 0.246. The Morgan fingerprint density at radius 3 is 2.73 bits per heavy atom. The second-order valence-corrected chi connectivity index (χ2v) is 5.60. The molecule has 0 N–H and O–H groups in total. The molecule has 4 heteroatoms. The molecule has 0 saturated heterocycles. The average Bonchev–Trinajstić information content (AvgIpc) is 3.02. The van der Waals surface area contributed by atoms with Crippen molar-refractivity contribution < 1.29 is 19.0 Å². The molecule has 22 heavy (non-hydrogen) atoms. The molecule has 0 radical (unpaired) electrons. The van der Waals surface area contributed by atoms with Gasteiger partial charge in [0.05, 0.1) is 12.5 Å². The first kappa shape index (κ1) is 14.4. The third kappa shape index (κ3) is 2.52. The zero-order chi connectivity index (χ0) is 15.6. The Balaban J connectivity index is 1.95. The molecule has 0 spiro atoms. The number of benzene rings is 2. The van der Waals surface area contributed by atoms with E-state index in [0.717, 1.165) is 34.7 Å². The molecular formula is C18H18O4. The van der Waals surface area contributed by atoms with E-state index in [0.29, 0.717) is 6.42 Å². The molecule has 2 aromatic carbocycles. The van der Waals surface area contributed by atoms with Crippen LogP contribution in [-0.4, -0.2) is 20.2 Å². The van der Waals surface area contributed by atoms with Gasteiger partial charge in [-0.2, -0.15) is 0 Å². The van der Waals surface area contributed by atoms with Crippen molar-refractivity contribution in [2.45, 2.75) is 18.8 Å². The fourth-order valence-corrected chi connectivity index (χ4v) is 2.79. The molecule has 1 heterocycles. The molecule has 2 aromatic rings. The number of rotatable bonds is 5. The smallest absolute Gasteiger partial charge is 0.231 e. The average molecular weight is 298 g/mol. The van der Waals surface area contributed by atoms with Gasteiger partial charge in [-0.15, -0.1) is 0 Å². The lowest BCUT2D eigenvalue weighted by Crippen LogP contribution is -2.27. The maximum Gasteiger partial charge on any atom is 0.231 e. The third-order valence-corrected chi connectivity index (χ3v) is 3.99. The number of ether oxygens (including phenoxy) is 3. The minimum Gasteiger partial charge on any atom is -0.496 e. The van der Waals surface area contributed by atoms with E-state index < -0.39 is 5.41 Å². The van der Waals surface area contributed by atoms with Gasteiger partial charge in [0.1, 0.15) is 12.0 Å². The van der Waals surface area contributed by atoms with E-state index in [2.05, 4.69) is 0 Å². The van der Waals surface area contributed by atoms with Crippen molar-refractivity contribution in [3.63, 3.8) is 0 Å². The summed E-state index contributed by atoms with van der Waals surface area (Å²) < 4.78 is 16.1. The molecule has 1 atom stereocenters. The SMILES string of the molecule is COc1ccccc1C(C)(C=O)Cc1ccc2c(c1)OCO2. The van der Waals surface area contributed by atoms with Crippen molar-refractivity contribution >= 4 is 6.29 Å². The Morgan fingerprint density at radius 1 is 1.18 bits per heavy atom. The number of methoxy groups -OCH3 is 1.